The molecule has 2 atom stereocenters. The highest BCUT2D eigenvalue weighted by Crippen LogP contribution is 2.40. The van der Waals surface area contributed by atoms with Gasteiger partial charge in [0.1, 0.15) is 29.9 Å². The Morgan fingerprint density at radius 3 is 2.74 bits per heavy atom. The molecule has 3 aromatic heterocycles. The van der Waals surface area contributed by atoms with Crippen molar-refractivity contribution in [3.05, 3.63) is 51.7 Å². The molecule has 2 aliphatic heterocycles. The van der Waals surface area contributed by atoms with E-state index in [1.54, 1.807) is 28.4 Å². The molecule has 3 aromatic rings. The molecule has 0 bridgehead atoms. The highest BCUT2D eigenvalue weighted by molar-refractivity contribution is 8.00. The quantitative estimate of drug-likeness (QED) is 0.129. The number of nitrogen functional groups attached to an aromatic ring is 1. The van der Waals surface area contributed by atoms with Gasteiger partial charge in [-0.3, -0.25) is 14.5 Å². The number of carboxylic acid groups (broad SMARTS) is 2. The fourth-order valence-corrected chi connectivity index (χ4v) is 6.99. The number of hydrogen-bond acceptors (Lipinski definition) is 11. The first kappa shape index (κ1) is 25.6. The molecule has 5 rings (SSSR count). The van der Waals surface area contributed by atoms with Gasteiger partial charge in [0.05, 0.1) is 10.9 Å². The highest BCUT2D eigenvalue weighted by Gasteiger charge is 2.54. The molecular formula is C22H19N6O7S3+. The van der Waals surface area contributed by atoms with Crippen molar-refractivity contribution in [2.45, 2.75) is 18.0 Å². The van der Waals surface area contributed by atoms with Crippen molar-refractivity contribution in [3.63, 3.8) is 0 Å². The molecule has 1 saturated heterocycles. The molecule has 5 heterocycles. The van der Waals surface area contributed by atoms with E-state index in [0.717, 1.165) is 20.9 Å². The summed E-state index contributed by atoms with van der Waals surface area (Å²) in [5, 5.41) is 28.9. The van der Waals surface area contributed by atoms with Crippen LogP contribution >= 0.6 is 34.4 Å². The van der Waals surface area contributed by atoms with E-state index in [4.69, 9.17) is 10.6 Å². The molecule has 5 N–H and O–H groups in total. The molecule has 2 amide bonds. The van der Waals surface area contributed by atoms with Crippen LogP contribution in [0.4, 0.5) is 5.13 Å². The second-order valence-electron chi connectivity index (χ2n) is 8.16. The van der Waals surface area contributed by atoms with Crippen molar-refractivity contribution >= 4 is 79.1 Å². The average Bonchev–Trinajstić information content (AvgIpc) is 3.51. The lowest BCUT2D eigenvalue weighted by molar-refractivity contribution is -0.687. The number of nitrogens with zero attached hydrogens (tertiary/aromatic N) is 4. The van der Waals surface area contributed by atoms with Crippen molar-refractivity contribution < 1.29 is 38.8 Å². The monoisotopic (exact) mass is 575 g/mol. The van der Waals surface area contributed by atoms with Gasteiger partial charge in [0.2, 0.25) is 0 Å². The normalized spacial score (nSPS) is 19.2. The summed E-state index contributed by atoms with van der Waals surface area (Å²) in [6.45, 7) is 0.142. The van der Waals surface area contributed by atoms with Gasteiger partial charge in [-0.2, -0.15) is 0 Å². The van der Waals surface area contributed by atoms with Crippen molar-refractivity contribution in [3.8, 4) is 0 Å². The Kier molecular flexibility index (Phi) is 6.77. The minimum atomic E-state index is -1.27. The summed E-state index contributed by atoms with van der Waals surface area (Å²) in [4.78, 5) is 59.6. The maximum absolute atomic E-state index is 13.1. The summed E-state index contributed by atoms with van der Waals surface area (Å²) in [5.41, 5.74) is 6.16. The molecule has 0 saturated carbocycles. The second-order valence-corrected chi connectivity index (χ2v) is 11.1. The third-order valence-electron chi connectivity index (χ3n) is 5.87. The van der Waals surface area contributed by atoms with Gasteiger partial charge in [-0.15, -0.1) is 34.4 Å². The third-order valence-corrected chi connectivity index (χ3v) is 8.85. The summed E-state index contributed by atoms with van der Waals surface area (Å²) < 4.78 is 2.48. The molecule has 0 spiro atoms. The van der Waals surface area contributed by atoms with Crippen LogP contribution in [0.2, 0.25) is 0 Å². The molecule has 38 heavy (non-hydrogen) atoms. The number of carboxylic acids is 2. The highest BCUT2D eigenvalue weighted by atomic mass is 32.2. The van der Waals surface area contributed by atoms with Gasteiger partial charge < -0.3 is 26.1 Å². The van der Waals surface area contributed by atoms with Crippen LogP contribution in [0.5, 0.6) is 0 Å². The Morgan fingerprint density at radius 2 is 2.08 bits per heavy atom. The Labute approximate surface area is 226 Å². The largest absolute Gasteiger partial charge is 0.478 e. The summed E-state index contributed by atoms with van der Waals surface area (Å²) >= 11 is 3.73. The molecule has 0 aromatic carbocycles. The van der Waals surface area contributed by atoms with Crippen LogP contribution in [-0.4, -0.2) is 73.8 Å². The Morgan fingerprint density at radius 1 is 1.29 bits per heavy atom. The van der Waals surface area contributed by atoms with E-state index in [2.05, 4.69) is 15.5 Å². The average molecular weight is 576 g/mol. The van der Waals surface area contributed by atoms with E-state index in [9.17, 15) is 29.4 Å². The van der Waals surface area contributed by atoms with Crippen molar-refractivity contribution in [2.75, 3.05) is 18.6 Å². The number of pyridine rings is 1. The van der Waals surface area contributed by atoms with Crippen molar-refractivity contribution in [1.29, 1.82) is 0 Å². The minimum Gasteiger partial charge on any atom is -0.478 e. The number of thioether (sulfide) groups is 1. The summed E-state index contributed by atoms with van der Waals surface area (Å²) in [5.74, 6) is -3.33. The smallest absolute Gasteiger partial charge is 0.352 e. The number of aliphatic carboxylic acids is 1. The molecule has 2 aliphatic rings. The zero-order valence-corrected chi connectivity index (χ0v) is 21.9. The van der Waals surface area contributed by atoms with Gasteiger partial charge in [-0.1, -0.05) is 5.16 Å². The van der Waals surface area contributed by atoms with Gasteiger partial charge in [0, 0.05) is 32.9 Å². The molecule has 196 valence electrons. The second kappa shape index (κ2) is 10.0. The maximum Gasteiger partial charge on any atom is 0.352 e. The van der Waals surface area contributed by atoms with E-state index in [0.29, 0.717) is 11.0 Å². The van der Waals surface area contributed by atoms with Gasteiger partial charge in [-0.05, 0) is 0 Å². The number of nitrogens with one attached hydrogen (secondary N) is 1. The Hall–Kier alpha value is -4.02. The van der Waals surface area contributed by atoms with E-state index in [-0.39, 0.29) is 40.1 Å². The molecule has 16 heteroatoms. The topological polar surface area (TPSA) is 188 Å². The Bertz CT molecular complexity index is 1560. The number of thiophene rings is 1. The molecule has 0 aliphatic carbocycles. The number of β-lactam (4-membered cyclic amide) rings is 1. The van der Waals surface area contributed by atoms with Crippen LogP contribution in [0.3, 0.4) is 0 Å². The van der Waals surface area contributed by atoms with Crippen LogP contribution < -0.4 is 15.6 Å². The number of aromatic carboxylic acids is 1. The summed E-state index contributed by atoms with van der Waals surface area (Å²) in [6, 6.07) is 0.788. The van der Waals surface area contributed by atoms with E-state index >= 15 is 0 Å². The predicted molar refractivity (Wildman–Crippen MR) is 139 cm³/mol. The van der Waals surface area contributed by atoms with Crippen LogP contribution in [0.1, 0.15) is 16.1 Å². The van der Waals surface area contributed by atoms with Crippen molar-refractivity contribution in [2.24, 2.45) is 5.16 Å². The van der Waals surface area contributed by atoms with Gasteiger partial charge in [0.15, 0.2) is 29.8 Å². The lowest BCUT2D eigenvalue weighted by Crippen LogP contribution is -2.71. The molecule has 0 radical (unpaired) electrons. The standard InChI is InChI=1S/C22H18N6O7S3/c1-35-26-14(12-8-38-22(23)24-12)17(29)25-15-18(30)28-16(21(33)34)9(6-37-19(15)28)4-27-3-2-13-10(5-27)11(7-36-13)20(31)32/h2-3,5,7-8,15,19H,4,6H2,1H3,(H4-,23,24,25,29,31,32,33,34)/p+1/b26-14-/t15?,19-/m1/s1. The number of carbonyl (C=O) groups is 4. The maximum atomic E-state index is 13.1. The number of nitrogens with two attached hydrogens (primary N) is 1. The molecule has 13 nitrogen and oxygen atoms in total. The van der Waals surface area contributed by atoms with E-state index < -0.39 is 35.2 Å². The fourth-order valence-electron chi connectivity index (χ4n) is 4.21. The van der Waals surface area contributed by atoms with Crippen LogP contribution in [0.25, 0.3) is 10.1 Å². The third kappa shape index (κ3) is 4.46. The molecular weight excluding hydrogens is 556 g/mol. The first-order valence-electron chi connectivity index (χ1n) is 10.9. The Balaban J connectivity index is 1.37. The number of fused-ring (bicyclic) bond motifs is 2. The SMILES string of the molecule is CO/N=C(\C(=O)NC1C(=O)N2C(C(=O)O)=C(C[n+]3ccc4scc(C(=O)O)c4c3)CS[C@H]12)c1csc(N)n1. The van der Waals surface area contributed by atoms with Gasteiger partial charge in [0.25, 0.3) is 11.8 Å². The number of rotatable bonds is 8. The molecule has 1 unspecified atom stereocenters. The van der Waals surface area contributed by atoms with Crippen LogP contribution in [-0.2, 0) is 25.8 Å². The van der Waals surface area contributed by atoms with Crippen LogP contribution in [0.15, 0.2) is 45.6 Å². The zero-order valence-electron chi connectivity index (χ0n) is 19.5. The summed E-state index contributed by atoms with van der Waals surface area (Å²) in [7, 11) is 1.26. The predicted octanol–water partition coefficient (Wildman–Crippen LogP) is 0.715. The lowest BCUT2D eigenvalue weighted by atomic mass is 10.0. The van der Waals surface area contributed by atoms with Gasteiger partial charge >= 0.3 is 11.9 Å². The number of thiazole rings is 1. The van der Waals surface area contributed by atoms with E-state index in [1.807, 2.05) is 0 Å². The first-order valence-corrected chi connectivity index (χ1v) is 13.7. The lowest BCUT2D eigenvalue weighted by Gasteiger charge is -2.49. The number of oxime groups is 1. The molecule has 1 fully saturated rings. The minimum absolute atomic E-state index is 0.142. The number of amides is 2. The van der Waals surface area contributed by atoms with E-state index in [1.165, 1.54) is 35.6 Å². The zero-order chi connectivity index (χ0) is 27.1. The number of anilines is 1. The number of hydrogen-bond donors (Lipinski definition) is 4. The fraction of sp³-hybridized carbons (Fsp3) is 0.227. The number of carbonyl (C=O) groups excluding carboxylic acids is 2. The first-order chi connectivity index (χ1) is 18.2. The van der Waals surface area contributed by atoms with Gasteiger partial charge in [-0.25, -0.2) is 19.1 Å². The summed E-state index contributed by atoms with van der Waals surface area (Å²) in [6.07, 6.45) is 3.39. The number of aromatic nitrogens is 2. The van der Waals surface area contributed by atoms with Crippen molar-refractivity contribution in [1.82, 2.24) is 15.2 Å². The van der Waals surface area contributed by atoms with Crippen LogP contribution in [0, 0.1) is 0 Å².